The van der Waals surface area contributed by atoms with Crippen molar-refractivity contribution in [3.8, 4) is 0 Å². The standard InChI is InChI=1S/C12H10BrClFNO/c13-12-4-3-11(17-12)10(16)5-7-1-2-8(15)6-9(7)14/h1-4,6,10H,5,16H2. The van der Waals surface area contributed by atoms with E-state index in [9.17, 15) is 4.39 Å². The van der Waals surface area contributed by atoms with Crippen molar-refractivity contribution in [1.82, 2.24) is 0 Å². The number of hydrogen-bond acceptors (Lipinski definition) is 2. The maximum Gasteiger partial charge on any atom is 0.169 e. The van der Waals surface area contributed by atoms with Crippen molar-refractivity contribution in [2.45, 2.75) is 12.5 Å². The number of benzene rings is 1. The molecule has 5 heteroatoms. The van der Waals surface area contributed by atoms with Crippen LogP contribution in [0.3, 0.4) is 0 Å². The number of hydrogen-bond donors (Lipinski definition) is 1. The first-order valence-corrected chi connectivity index (χ1v) is 6.18. The second-order valence-electron chi connectivity index (χ2n) is 3.69. The molecule has 0 amide bonds. The third-order valence-corrected chi connectivity index (χ3v) is 3.19. The smallest absolute Gasteiger partial charge is 0.169 e. The molecule has 90 valence electrons. The molecule has 0 saturated carbocycles. The van der Waals surface area contributed by atoms with Gasteiger partial charge in [-0.15, -0.1) is 0 Å². The van der Waals surface area contributed by atoms with Gasteiger partial charge in [-0.05, 0) is 52.2 Å². The van der Waals surface area contributed by atoms with Gasteiger partial charge in [0.05, 0.1) is 6.04 Å². The average molecular weight is 319 g/mol. The Morgan fingerprint density at radius 3 is 2.71 bits per heavy atom. The lowest BCUT2D eigenvalue weighted by Gasteiger charge is -2.10. The number of furan rings is 1. The molecule has 0 radical (unpaired) electrons. The summed E-state index contributed by atoms with van der Waals surface area (Å²) in [5.41, 5.74) is 6.78. The second kappa shape index (κ2) is 5.21. The van der Waals surface area contributed by atoms with Gasteiger partial charge in [0.2, 0.25) is 0 Å². The zero-order valence-electron chi connectivity index (χ0n) is 8.79. The monoisotopic (exact) mass is 317 g/mol. The Morgan fingerprint density at radius 2 is 2.12 bits per heavy atom. The lowest BCUT2D eigenvalue weighted by atomic mass is 10.0. The molecule has 1 heterocycles. The summed E-state index contributed by atoms with van der Waals surface area (Å²) in [5, 5.41) is 0.381. The maximum absolute atomic E-state index is 12.9. The fourth-order valence-electron chi connectivity index (χ4n) is 1.55. The molecule has 2 aromatic rings. The van der Waals surface area contributed by atoms with Crippen LogP contribution in [-0.2, 0) is 6.42 Å². The first-order valence-electron chi connectivity index (χ1n) is 5.01. The molecule has 2 rings (SSSR count). The molecule has 0 aliphatic heterocycles. The zero-order valence-corrected chi connectivity index (χ0v) is 11.1. The minimum Gasteiger partial charge on any atom is -0.453 e. The van der Waals surface area contributed by atoms with Crippen LogP contribution >= 0.6 is 27.5 Å². The van der Waals surface area contributed by atoms with Gasteiger partial charge in [0.25, 0.3) is 0 Å². The second-order valence-corrected chi connectivity index (χ2v) is 4.88. The van der Waals surface area contributed by atoms with Crippen molar-refractivity contribution >= 4 is 27.5 Å². The Balaban J connectivity index is 2.15. The molecule has 1 aromatic carbocycles. The summed E-state index contributed by atoms with van der Waals surface area (Å²) in [6.07, 6.45) is 0.499. The van der Waals surface area contributed by atoms with Crippen LogP contribution in [0.1, 0.15) is 17.4 Å². The van der Waals surface area contributed by atoms with E-state index in [1.165, 1.54) is 12.1 Å². The van der Waals surface area contributed by atoms with Gasteiger partial charge in [-0.2, -0.15) is 0 Å². The quantitative estimate of drug-likeness (QED) is 0.926. The highest BCUT2D eigenvalue weighted by molar-refractivity contribution is 9.10. The number of rotatable bonds is 3. The Bertz CT molecular complexity index is 529. The molecule has 17 heavy (non-hydrogen) atoms. The molecule has 0 aliphatic rings. The Labute approximate surface area is 112 Å². The van der Waals surface area contributed by atoms with E-state index in [-0.39, 0.29) is 11.9 Å². The Morgan fingerprint density at radius 1 is 1.35 bits per heavy atom. The molecule has 1 unspecified atom stereocenters. The summed E-state index contributed by atoms with van der Waals surface area (Å²) in [4.78, 5) is 0. The highest BCUT2D eigenvalue weighted by Crippen LogP contribution is 2.25. The van der Waals surface area contributed by atoms with E-state index in [2.05, 4.69) is 15.9 Å². The van der Waals surface area contributed by atoms with Gasteiger partial charge in [0.1, 0.15) is 11.6 Å². The highest BCUT2D eigenvalue weighted by atomic mass is 79.9. The van der Waals surface area contributed by atoms with Crippen molar-refractivity contribution in [2.75, 3.05) is 0 Å². The molecule has 0 fully saturated rings. The van der Waals surface area contributed by atoms with E-state index in [1.807, 2.05) is 0 Å². The van der Waals surface area contributed by atoms with Crippen LogP contribution in [0.2, 0.25) is 5.02 Å². The summed E-state index contributed by atoms with van der Waals surface area (Å²) in [6.45, 7) is 0. The summed E-state index contributed by atoms with van der Waals surface area (Å²) < 4.78 is 18.9. The van der Waals surface area contributed by atoms with Crippen molar-refractivity contribution in [3.63, 3.8) is 0 Å². The predicted molar refractivity (Wildman–Crippen MR) is 68.5 cm³/mol. The molecule has 0 aliphatic carbocycles. The fourth-order valence-corrected chi connectivity index (χ4v) is 2.12. The molecular weight excluding hydrogens is 308 g/mol. The topological polar surface area (TPSA) is 39.2 Å². The van der Waals surface area contributed by atoms with Crippen LogP contribution in [-0.4, -0.2) is 0 Å². The van der Waals surface area contributed by atoms with Crippen molar-refractivity contribution in [1.29, 1.82) is 0 Å². The van der Waals surface area contributed by atoms with Gasteiger partial charge < -0.3 is 10.2 Å². The van der Waals surface area contributed by atoms with Crippen LogP contribution in [0.25, 0.3) is 0 Å². The van der Waals surface area contributed by atoms with Gasteiger partial charge in [-0.3, -0.25) is 0 Å². The maximum atomic E-state index is 12.9. The van der Waals surface area contributed by atoms with E-state index in [1.54, 1.807) is 18.2 Å². The number of halogens is 3. The molecular formula is C12H10BrClFNO. The molecule has 1 aromatic heterocycles. The lowest BCUT2D eigenvalue weighted by Crippen LogP contribution is -2.12. The summed E-state index contributed by atoms with van der Waals surface area (Å²) in [6, 6.07) is 7.56. The first kappa shape index (κ1) is 12.6. The van der Waals surface area contributed by atoms with Crippen LogP contribution in [0.5, 0.6) is 0 Å². The number of nitrogens with two attached hydrogens (primary N) is 1. The van der Waals surface area contributed by atoms with E-state index >= 15 is 0 Å². The summed E-state index contributed by atoms with van der Waals surface area (Å²) >= 11 is 9.14. The SMILES string of the molecule is NC(Cc1ccc(F)cc1Cl)c1ccc(Br)o1. The minimum absolute atomic E-state index is 0.302. The van der Waals surface area contributed by atoms with E-state index < -0.39 is 0 Å². The largest absolute Gasteiger partial charge is 0.453 e. The van der Waals surface area contributed by atoms with E-state index in [0.29, 0.717) is 21.9 Å². The van der Waals surface area contributed by atoms with Crippen LogP contribution in [0, 0.1) is 5.82 Å². The Hall–Kier alpha value is -0.840. The zero-order chi connectivity index (χ0) is 12.4. The summed E-state index contributed by atoms with van der Waals surface area (Å²) in [7, 11) is 0. The molecule has 2 N–H and O–H groups in total. The van der Waals surface area contributed by atoms with E-state index in [0.717, 1.165) is 5.56 Å². The fraction of sp³-hybridized carbons (Fsp3) is 0.167. The minimum atomic E-state index is -0.354. The normalized spacial score (nSPS) is 12.7. The average Bonchev–Trinajstić information content (AvgIpc) is 2.69. The van der Waals surface area contributed by atoms with Crippen LogP contribution in [0.4, 0.5) is 4.39 Å². The third-order valence-electron chi connectivity index (χ3n) is 2.41. The van der Waals surface area contributed by atoms with Crippen molar-refractivity contribution < 1.29 is 8.81 Å². The predicted octanol–water partition coefficient (Wildman–Crippen LogP) is 4.08. The van der Waals surface area contributed by atoms with Gasteiger partial charge in [-0.1, -0.05) is 17.7 Å². The van der Waals surface area contributed by atoms with Crippen molar-refractivity contribution in [2.24, 2.45) is 5.73 Å². The Kier molecular flexibility index (Phi) is 3.86. The highest BCUT2D eigenvalue weighted by Gasteiger charge is 2.13. The van der Waals surface area contributed by atoms with Gasteiger partial charge in [0.15, 0.2) is 4.67 Å². The van der Waals surface area contributed by atoms with E-state index in [4.69, 9.17) is 21.8 Å². The van der Waals surface area contributed by atoms with Crippen molar-refractivity contribution in [3.05, 3.63) is 57.2 Å². The van der Waals surface area contributed by atoms with Crippen LogP contribution in [0.15, 0.2) is 39.4 Å². The summed E-state index contributed by atoms with van der Waals surface area (Å²) in [5.74, 6) is 0.310. The van der Waals surface area contributed by atoms with Gasteiger partial charge in [-0.25, -0.2) is 4.39 Å². The lowest BCUT2D eigenvalue weighted by molar-refractivity contribution is 0.448. The first-order chi connectivity index (χ1) is 8.06. The van der Waals surface area contributed by atoms with Crippen LogP contribution < -0.4 is 5.73 Å². The molecule has 2 nitrogen and oxygen atoms in total. The third kappa shape index (κ3) is 3.09. The molecule has 0 spiro atoms. The van der Waals surface area contributed by atoms with Gasteiger partial charge >= 0.3 is 0 Å². The molecule has 0 bridgehead atoms. The molecule has 1 atom stereocenters. The molecule has 0 saturated heterocycles. The van der Waals surface area contributed by atoms with Gasteiger partial charge in [0, 0.05) is 5.02 Å².